The van der Waals surface area contributed by atoms with E-state index in [2.05, 4.69) is 10.6 Å². The minimum absolute atomic E-state index is 0.0184. The van der Waals surface area contributed by atoms with Crippen LogP contribution in [0.4, 0.5) is 5.69 Å². The van der Waals surface area contributed by atoms with Gasteiger partial charge in [-0.3, -0.25) is 14.4 Å². The number of sulfonamides is 1. The fourth-order valence-electron chi connectivity index (χ4n) is 6.21. The zero-order chi connectivity index (χ0) is 34.5. The highest BCUT2D eigenvalue weighted by molar-refractivity contribution is 7.89. The van der Waals surface area contributed by atoms with Crippen molar-refractivity contribution in [3.05, 3.63) is 54.1 Å². The van der Waals surface area contributed by atoms with Crippen LogP contribution in [0.3, 0.4) is 0 Å². The summed E-state index contributed by atoms with van der Waals surface area (Å²) < 4.78 is 45.0. The molecular weight excluding hydrogens is 640 g/mol. The van der Waals surface area contributed by atoms with Crippen molar-refractivity contribution in [3.63, 3.8) is 0 Å². The van der Waals surface area contributed by atoms with Crippen LogP contribution in [-0.2, 0) is 33.9 Å². The van der Waals surface area contributed by atoms with E-state index in [0.29, 0.717) is 63.5 Å². The zero-order valence-electron chi connectivity index (χ0n) is 27.7. The molecule has 0 bridgehead atoms. The smallest absolute Gasteiger partial charge is 0.249 e. The van der Waals surface area contributed by atoms with E-state index in [1.807, 2.05) is 26.0 Å². The minimum atomic E-state index is -3.69. The maximum Gasteiger partial charge on any atom is 0.249 e. The highest BCUT2D eigenvalue weighted by Crippen LogP contribution is 2.37. The third-order valence-corrected chi connectivity index (χ3v) is 11.1. The van der Waals surface area contributed by atoms with E-state index in [-0.39, 0.29) is 35.6 Å². The number of carbonyl (C=O) groups excluding carboxylic acids is 3. The number of piperidine rings is 1. The van der Waals surface area contributed by atoms with E-state index in [4.69, 9.17) is 14.2 Å². The summed E-state index contributed by atoms with van der Waals surface area (Å²) in [5, 5.41) is 16.0. The van der Waals surface area contributed by atoms with Crippen LogP contribution >= 0.6 is 0 Å². The summed E-state index contributed by atoms with van der Waals surface area (Å²) in [5.41, 5.74) is 0.856. The summed E-state index contributed by atoms with van der Waals surface area (Å²) in [4.78, 5) is 39.6. The fraction of sp³-hybridized carbons (Fsp3) is 0.559. The summed E-state index contributed by atoms with van der Waals surface area (Å²) in [6.07, 6.45) is -0.406. The van der Waals surface area contributed by atoms with Gasteiger partial charge in [0, 0.05) is 55.8 Å². The van der Waals surface area contributed by atoms with Crippen molar-refractivity contribution < 1.29 is 42.1 Å². The van der Waals surface area contributed by atoms with Crippen LogP contribution < -0.4 is 20.3 Å². The van der Waals surface area contributed by atoms with Crippen LogP contribution in [0, 0.1) is 11.3 Å². The summed E-state index contributed by atoms with van der Waals surface area (Å²) in [5.74, 6) is -0.0997. The number of nitrogens with zero attached hydrogens (tertiary/aromatic N) is 2. The number of nitrogens with one attached hydrogen (secondary N) is 2. The van der Waals surface area contributed by atoms with Gasteiger partial charge in [0.05, 0.1) is 18.6 Å². The lowest BCUT2D eigenvalue weighted by atomic mass is 9.85. The Morgan fingerprint density at radius 2 is 1.73 bits per heavy atom. The Bertz CT molecular complexity index is 1540. The number of anilines is 1. The lowest BCUT2D eigenvalue weighted by Crippen LogP contribution is -2.52. The van der Waals surface area contributed by atoms with Crippen molar-refractivity contribution in [2.45, 2.75) is 69.3 Å². The molecule has 3 amide bonds. The molecule has 5 rings (SSSR count). The van der Waals surface area contributed by atoms with Crippen LogP contribution in [0.15, 0.2) is 53.4 Å². The Morgan fingerprint density at radius 1 is 1.04 bits per heavy atom. The summed E-state index contributed by atoms with van der Waals surface area (Å²) in [7, 11) is -2.11. The van der Waals surface area contributed by atoms with Gasteiger partial charge in [-0.2, -0.15) is 4.31 Å². The Hall–Kier alpha value is -3.56. The van der Waals surface area contributed by atoms with E-state index < -0.39 is 39.8 Å². The average Bonchev–Trinajstić information content (AvgIpc) is 3.52. The van der Waals surface area contributed by atoms with Gasteiger partial charge >= 0.3 is 0 Å². The fourth-order valence-corrected chi connectivity index (χ4v) is 7.68. The van der Waals surface area contributed by atoms with Gasteiger partial charge in [-0.1, -0.05) is 26.0 Å². The number of hydrogen-bond acceptors (Lipinski definition) is 9. The first kappa shape index (κ1) is 35.7. The molecule has 14 heteroatoms. The molecule has 48 heavy (non-hydrogen) atoms. The highest BCUT2D eigenvalue weighted by atomic mass is 32.2. The van der Waals surface area contributed by atoms with E-state index in [1.54, 1.807) is 48.4 Å². The van der Waals surface area contributed by atoms with E-state index >= 15 is 0 Å². The molecule has 262 valence electrons. The molecule has 0 spiro atoms. The molecule has 3 aliphatic rings. The Balaban J connectivity index is 1.02. The summed E-state index contributed by atoms with van der Waals surface area (Å²) in [6.45, 7) is 5.70. The molecule has 0 saturated carbocycles. The zero-order valence-corrected chi connectivity index (χ0v) is 28.5. The van der Waals surface area contributed by atoms with Crippen molar-refractivity contribution in [1.29, 1.82) is 0 Å². The number of ether oxygens (including phenoxy) is 3. The molecule has 2 aromatic carbocycles. The third kappa shape index (κ3) is 8.35. The summed E-state index contributed by atoms with van der Waals surface area (Å²) >= 11 is 0. The van der Waals surface area contributed by atoms with Gasteiger partial charge in [0.2, 0.25) is 27.7 Å². The third-order valence-electron chi connectivity index (χ3n) is 9.22. The van der Waals surface area contributed by atoms with Gasteiger partial charge in [-0.15, -0.1) is 0 Å². The Kier molecular flexibility index (Phi) is 11.4. The number of aliphatic hydroxyl groups is 1. The van der Waals surface area contributed by atoms with E-state index in [0.717, 1.165) is 12.0 Å². The number of hydrogen-bond donors (Lipinski definition) is 3. The van der Waals surface area contributed by atoms with E-state index in [9.17, 15) is 27.9 Å². The predicted molar refractivity (Wildman–Crippen MR) is 176 cm³/mol. The molecule has 2 aromatic rings. The van der Waals surface area contributed by atoms with Gasteiger partial charge in [-0.25, -0.2) is 8.42 Å². The summed E-state index contributed by atoms with van der Waals surface area (Å²) in [6, 6.07) is 13.7. The van der Waals surface area contributed by atoms with Gasteiger partial charge < -0.3 is 34.9 Å². The van der Waals surface area contributed by atoms with Crippen molar-refractivity contribution in [1.82, 2.24) is 14.9 Å². The molecule has 3 saturated heterocycles. The molecule has 3 fully saturated rings. The average molecular weight is 687 g/mol. The minimum Gasteiger partial charge on any atom is -0.497 e. The van der Waals surface area contributed by atoms with Crippen molar-refractivity contribution in [3.8, 4) is 5.75 Å². The van der Waals surface area contributed by atoms with Crippen LogP contribution in [-0.4, -0.2) is 94.2 Å². The van der Waals surface area contributed by atoms with Gasteiger partial charge in [0.1, 0.15) is 18.0 Å². The lowest BCUT2D eigenvalue weighted by molar-refractivity contribution is -0.258. The number of aliphatic hydroxyl groups excluding tert-OH is 1. The molecule has 13 nitrogen and oxygen atoms in total. The van der Waals surface area contributed by atoms with Crippen molar-refractivity contribution >= 4 is 33.4 Å². The largest absolute Gasteiger partial charge is 0.497 e. The second kappa shape index (κ2) is 15.3. The second-order valence-electron chi connectivity index (χ2n) is 13.3. The van der Waals surface area contributed by atoms with Gasteiger partial charge in [0.15, 0.2) is 6.29 Å². The Morgan fingerprint density at radius 3 is 2.35 bits per heavy atom. The topological polar surface area (TPSA) is 164 Å². The van der Waals surface area contributed by atoms with Crippen LogP contribution in [0.2, 0.25) is 0 Å². The maximum atomic E-state index is 13.2. The monoisotopic (exact) mass is 686 g/mol. The molecule has 3 heterocycles. The van der Waals surface area contributed by atoms with Crippen LogP contribution in [0.1, 0.15) is 57.8 Å². The van der Waals surface area contributed by atoms with E-state index in [1.165, 1.54) is 4.31 Å². The normalized spacial score (nSPS) is 22.7. The Labute approximate surface area is 281 Å². The van der Waals surface area contributed by atoms with Crippen molar-refractivity contribution in [2.75, 3.05) is 51.3 Å². The molecule has 0 aliphatic carbocycles. The highest BCUT2D eigenvalue weighted by Gasteiger charge is 2.43. The molecule has 3 N–H and O–H groups in total. The second-order valence-corrected chi connectivity index (χ2v) is 15.2. The van der Waals surface area contributed by atoms with Crippen LogP contribution in [0.25, 0.3) is 0 Å². The quantitative estimate of drug-likeness (QED) is 0.304. The van der Waals surface area contributed by atoms with Gasteiger partial charge in [-0.05, 0) is 68.0 Å². The molecule has 0 radical (unpaired) electrons. The standard InChI is InChI=1S/C34H46N4O9S/c1-34(2)22-46-33(24-6-10-26(45-3)11-7-24)47-30(34)32(42)35-17-14-28(39)31(41)36-21-23-15-19-37(20-16-23)48(43,44)27-12-8-25(9-13-27)38-18-4-5-29(38)40/h6-13,23,28,30,33,39H,4-5,14-22H2,1-3H3,(H,35,42)(H,36,41)/t28?,30-,33?/m0/s1. The van der Waals surface area contributed by atoms with Gasteiger partial charge in [0.25, 0.3) is 0 Å². The molecular formula is C34H46N4O9S. The maximum absolute atomic E-state index is 13.2. The van der Waals surface area contributed by atoms with Crippen LogP contribution in [0.5, 0.6) is 5.75 Å². The molecule has 3 atom stereocenters. The molecule has 3 aliphatic heterocycles. The molecule has 0 aromatic heterocycles. The number of amides is 3. The van der Waals surface area contributed by atoms with Crippen molar-refractivity contribution in [2.24, 2.45) is 11.3 Å². The number of rotatable bonds is 12. The first-order chi connectivity index (χ1) is 22.9. The number of carbonyl (C=O) groups is 3. The SMILES string of the molecule is COc1ccc(C2OCC(C)(C)[C@H](C(=O)NCCC(O)C(=O)NCC3CCN(S(=O)(=O)c4ccc(N5CCCC5=O)cc4)CC3)O2)cc1. The predicted octanol–water partition coefficient (Wildman–Crippen LogP) is 2.35. The first-order valence-electron chi connectivity index (χ1n) is 16.4. The number of benzene rings is 2. The number of methoxy groups -OCH3 is 1. The first-order valence-corrected chi connectivity index (χ1v) is 17.9. The molecule has 2 unspecified atom stereocenters. The lowest BCUT2D eigenvalue weighted by Gasteiger charge is -2.41.